The maximum absolute atomic E-state index is 9.11. The minimum atomic E-state index is 0.182. The summed E-state index contributed by atoms with van der Waals surface area (Å²) >= 11 is 1.64. The van der Waals surface area contributed by atoms with Gasteiger partial charge in [-0.1, -0.05) is 12.1 Å². The van der Waals surface area contributed by atoms with E-state index in [1.165, 1.54) is 11.1 Å². The van der Waals surface area contributed by atoms with Crippen LogP contribution < -0.4 is 0 Å². The largest absolute Gasteiger partial charge is 0.396 e. The molecule has 126 valence electrons. The molecule has 0 saturated carbocycles. The Hall–Kier alpha value is -2.37. The van der Waals surface area contributed by atoms with Crippen LogP contribution in [0.2, 0.25) is 0 Å². The van der Waals surface area contributed by atoms with Crippen molar-refractivity contribution in [3.05, 3.63) is 60.2 Å². The molecule has 3 aromatic heterocycles. The first-order valence-electron chi connectivity index (χ1n) is 8.52. The van der Waals surface area contributed by atoms with Crippen LogP contribution in [0, 0.1) is 0 Å². The zero-order valence-electron chi connectivity index (χ0n) is 13.9. The molecule has 0 aromatic carbocycles. The van der Waals surface area contributed by atoms with Crippen molar-refractivity contribution in [2.75, 3.05) is 6.61 Å². The summed E-state index contributed by atoms with van der Waals surface area (Å²) < 4.78 is 0. The molecule has 3 heterocycles. The van der Waals surface area contributed by atoms with Gasteiger partial charge in [0.1, 0.15) is 5.01 Å². The fraction of sp³-hybridized carbons (Fsp3) is 0.250. The summed E-state index contributed by atoms with van der Waals surface area (Å²) in [5, 5.41) is 10.1. The van der Waals surface area contributed by atoms with Gasteiger partial charge in [0, 0.05) is 30.8 Å². The van der Waals surface area contributed by atoms with E-state index in [0.29, 0.717) is 6.42 Å². The molecule has 4 nitrogen and oxygen atoms in total. The van der Waals surface area contributed by atoms with Gasteiger partial charge < -0.3 is 5.11 Å². The van der Waals surface area contributed by atoms with E-state index < -0.39 is 0 Å². The zero-order chi connectivity index (χ0) is 17.1. The average molecular weight is 349 g/mol. The van der Waals surface area contributed by atoms with Gasteiger partial charge in [0.15, 0.2) is 0 Å². The summed E-state index contributed by atoms with van der Waals surface area (Å²) in [6, 6.07) is 8.22. The monoisotopic (exact) mass is 349 g/mol. The SMILES string of the molecule is OCC/C=C1\CCCc2ccc(-c3cnc(-c4cccnc4)s3)nc21. The van der Waals surface area contributed by atoms with Crippen molar-refractivity contribution in [3.8, 4) is 21.1 Å². The second-order valence-corrected chi connectivity index (χ2v) is 7.10. The van der Waals surface area contributed by atoms with Gasteiger partial charge in [0.05, 0.1) is 16.3 Å². The molecule has 0 bridgehead atoms. The van der Waals surface area contributed by atoms with Gasteiger partial charge in [-0.3, -0.25) is 4.98 Å². The van der Waals surface area contributed by atoms with E-state index in [9.17, 15) is 0 Å². The van der Waals surface area contributed by atoms with Crippen LogP contribution in [-0.2, 0) is 6.42 Å². The summed E-state index contributed by atoms with van der Waals surface area (Å²) in [6.45, 7) is 0.182. The Morgan fingerprint density at radius 2 is 2.12 bits per heavy atom. The van der Waals surface area contributed by atoms with Crippen molar-refractivity contribution in [3.63, 3.8) is 0 Å². The van der Waals surface area contributed by atoms with Crippen LogP contribution >= 0.6 is 11.3 Å². The van der Waals surface area contributed by atoms with E-state index in [1.807, 2.05) is 24.5 Å². The molecule has 1 aliphatic carbocycles. The molecule has 0 atom stereocenters. The maximum Gasteiger partial charge on any atom is 0.125 e. The van der Waals surface area contributed by atoms with Gasteiger partial charge in [0.2, 0.25) is 0 Å². The Bertz CT molecular complexity index is 902. The molecule has 1 aliphatic rings. The molecule has 0 fully saturated rings. The van der Waals surface area contributed by atoms with Gasteiger partial charge in [-0.25, -0.2) is 9.97 Å². The van der Waals surface area contributed by atoms with E-state index in [1.54, 1.807) is 17.5 Å². The van der Waals surface area contributed by atoms with Crippen LogP contribution in [0.4, 0.5) is 0 Å². The number of hydrogen-bond donors (Lipinski definition) is 1. The van der Waals surface area contributed by atoms with Crippen LogP contribution in [0.3, 0.4) is 0 Å². The maximum atomic E-state index is 9.11. The number of nitrogens with zero attached hydrogens (tertiary/aromatic N) is 3. The highest BCUT2D eigenvalue weighted by molar-refractivity contribution is 7.18. The quantitative estimate of drug-likeness (QED) is 0.760. The van der Waals surface area contributed by atoms with E-state index in [2.05, 4.69) is 28.2 Å². The minimum absolute atomic E-state index is 0.182. The Morgan fingerprint density at radius 3 is 2.96 bits per heavy atom. The third-order valence-electron chi connectivity index (χ3n) is 4.36. The van der Waals surface area contributed by atoms with Gasteiger partial charge in [-0.15, -0.1) is 11.3 Å². The molecule has 0 unspecified atom stereocenters. The topological polar surface area (TPSA) is 58.9 Å². The Kier molecular flexibility index (Phi) is 4.68. The van der Waals surface area contributed by atoms with Crippen molar-refractivity contribution in [1.82, 2.24) is 15.0 Å². The number of hydrogen-bond acceptors (Lipinski definition) is 5. The fourth-order valence-corrected chi connectivity index (χ4v) is 4.02. The predicted octanol–water partition coefficient (Wildman–Crippen LogP) is 4.37. The van der Waals surface area contributed by atoms with Crippen molar-refractivity contribution in [2.24, 2.45) is 0 Å². The Morgan fingerprint density at radius 1 is 1.16 bits per heavy atom. The highest BCUT2D eigenvalue weighted by Crippen LogP contribution is 2.35. The second kappa shape index (κ2) is 7.25. The average Bonchev–Trinajstić information content (AvgIpc) is 3.17. The van der Waals surface area contributed by atoms with Crippen LogP contribution in [-0.4, -0.2) is 26.7 Å². The fourth-order valence-electron chi connectivity index (χ4n) is 3.15. The highest BCUT2D eigenvalue weighted by atomic mass is 32.1. The number of fused-ring (bicyclic) bond motifs is 1. The number of aromatic nitrogens is 3. The second-order valence-electron chi connectivity index (χ2n) is 6.07. The number of pyridine rings is 2. The molecule has 0 aliphatic heterocycles. The van der Waals surface area contributed by atoms with Crippen LogP contribution in [0.25, 0.3) is 26.7 Å². The van der Waals surface area contributed by atoms with Crippen molar-refractivity contribution >= 4 is 16.9 Å². The van der Waals surface area contributed by atoms with Gasteiger partial charge in [-0.2, -0.15) is 0 Å². The molecular formula is C20H19N3OS. The molecule has 25 heavy (non-hydrogen) atoms. The predicted molar refractivity (Wildman–Crippen MR) is 101 cm³/mol. The first-order chi connectivity index (χ1) is 12.3. The van der Waals surface area contributed by atoms with Crippen molar-refractivity contribution < 1.29 is 5.11 Å². The van der Waals surface area contributed by atoms with E-state index in [0.717, 1.165) is 46.1 Å². The Labute approximate surface area is 150 Å². The molecular weight excluding hydrogens is 330 g/mol. The number of rotatable bonds is 4. The third-order valence-corrected chi connectivity index (χ3v) is 5.43. The lowest BCUT2D eigenvalue weighted by molar-refractivity contribution is 0.302. The van der Waals surface area contributed by atoms with E-state index in [-0.39, 0.29) is 6.61 Å². The molecule has 0 amide bonds. The zero-order valence-corrected chi connectivity index (χ0v) is 14.7. The van der Waals surface area contributed by atoms with Crippen LogP contribution in [0.15, 0.2) is 48.9 Å². The smallest absolute Gasteiger partial charge is 0.125 e. The highest BCUT2D eigenvalue weighted by Gasteiger charge is 2.17. The lowest BCUT2D eigenvalue weighted by atomic mass is 9.90. The Balaban J connectivity index is 1.69. The van der Waals surface area contributed by atoms with E-state index >= 15 is 0 Å². The van der Waals surface area contributed by atoms with Gasteiger partial charge in [0.25, 0.3) is 0 Å². The van der Waals surface area contributed by atoms with Gasteiger partial charge >= 0.3 is 0 Å². The number of aliphatic hydroxyl groups is 1. The normalized spacial score (nSPS) is 15.3. The molecule has 0 spiro atoms. The summed E-state index contributed by atoms with van der Waals surface area (Å²) in [5.41, 5.74) is 5.64. The molecule has 1 N–H and O–H groups in total. The third kappa shape index (κ3) is 3.38. The van der Waals surface area contributed by atoms with Crippen LogP contribution in [0.5, 0.6) is 0 Å². The molecule has 0 radical (unpaired) electrons. The number of aliphatic hydroxyl groups excluding tert-OH is 1. The number of allylic oxidation sites excluding steroid dienone is 1. The summed E-state index contributed by atoms with van der Waals surface area (Å²) in [7, 11) is 0. The van der Waals surface area contributed by atoms with Gasteiger partial charge in [-0.05, 0) is 55.0 Å². The number of thiazole rings is 1. The number of aryl methyl sites for hydroxylation is 1. The molecule has 4 rings (SSSR count). The minimum Gasteiger partial charge on any atom is -0.396 e. The lowest BCUT2D eigenvalue weighted by Gasteiger charge is -2.18. The standard InChI is InChI=1S/C20H19N3OS/c24-11-3-7-14-4-1-5-15-8-9-17(23-19(14)15)18-13-22-20(25-18)16-6-2-10-21-12-16/h2,6-10,12-13,24H,1,3-5,11H2/b14-7+. The van der Waals surface area contributed by atoms with Crippen LogP contribution in [0.1, 0.15) is 30.5 Å². The summed E-state index contributed by atoms with van der Waals surface area (Å²) in [4.78, 5) is 14.7. The molecule has 3 aromatic rings. The summed E-state index contributed by atoms with van der Waals surface area (Å²) in [6.07, 6.45) is 11.6. The first kappa shape index (κ1) is 16.1. The first-order valence-corrected chi connectivity index (χ1v) is 9.33. The van der Waals surface area contributed by atoms with Crippen molar-refractivity contribution in [1.29, 1.82) is 0 Å². The lowest BCUT2D eigenvalue weighted by Crippen LogP contribution is -2.05. The molecule has 0 saturated heterocycles. The van der Waals surface area contributed by atoms with E-state index in [4.69, 9.17) is 10.1 Å². The summed E-state index contributed by atoms with van der Waals surface area (Å²) in [5.74, 6) is 0. The molecule has 5 heteroatoms. The van der Waals surface area contributed by atoms with Crippen molar-refractivity contribution in [2.45, 2.75) is 25.7 Å².